The maximum atomic E-state index is 13.7. The van der Waals surface area contributed by atoms with E-state index in [1.54, 1.807) is 32.2 Å². The number of amides is 2. The lowest BCUT2D eigenvalue weighted by molar-refractivity contribution is 0.247. The summed E-state index contributed by atoms with van der Waals surface area (Å²) in [6, 6.07) is 16.8. The van der Waals surface area contributed by atoms with Crippen molar-refractivity contribution in [1.82, 2.24) is 10.2 Å². The molecule has 1 unspecified atom stereocenters. The van der Waals surface area contributed by atoms with E-state index in [0.717, 1.165) is 37.2 Å². The van der Waals surface area contributed by atoms with Crippen LogP contribution < -0.4 is 15.4 Å². The highest BCUT2D eigenvalue weighted by Gasteiger charge is 2.24. The van der Waals surface area contributed by atoms with Gasteiger partial charge in [-0.2, -0.15) is 0 Å². The molecule has 4 rings (SSSR count). The maximum absolute atomic E-state index is 13.7. The minimum absolute atomic E-state index is 0.0242. The van der Waals surface area contributed by atoms with Crippen LogP contribution in [-0.2, 0) is 6.54 Å². The van der Waals surface area contributed by atoms with Crippen molar-refractivity contribution < 1.29 is 18.3 Å². The molecule has 3 aromatic rings. The van der Waals surface area contributed by atoms with Gasteiger partial charge in [-0.15, -0.1) is 0 Å². The van der Waals surface area contributed by atoms with Crippen molar-refractivity contribution in [2.45, 2.75) is 25.9 Å². The van der Waals surface area contributed by atoms with Gasteiger partial charge >= 0.3 is 6.03 Å². The Hall–Kier alpha value is -3.45. The molecule has 172 valence electrons. The van der Waals surface area contributed by atoms with Gasteiger partial charge in [-0.1, -0.05) is 30.3 Å². The number of carbonyl (C=O) groups is 1. The highest BCUT2D eigenvalue weighted by molar-refractivity contribution is 5.89. The molecule has 1 heterocycles. The van der Waals surface area contributed by atoms with Crippen molar-refractivity contribution in [3.8, 4) is 16.9 Å². The number of likely N-dealkylation sites (tertiary alicyclic amines) is 1. The fourth-order valence-corrected chi connectivity index (χ4v) is 4.07. The number of ether oxygens (including phenoxy) is 1. The summed E-state index contributed by atoms with van der Waals surface area (Å²) in [6.45, 7) is 4.03. The fourth-order valence-electron chi connectivity index (χ4n) is 4.07. The Kier molecular flexibility index (Phi) is 6.89. The second-order valence-corrected chi connectivity index (χ2v) is 8.32. The highest BCUT2D eigenvalue weighted by Crippen LogP contribution is 2.31. The smallest absolute Gasteiger partial charge is 0.319 e. The predicted octanol–water partition coefficient (Wildman–Crippen LogP) is 5.34. The number of benzene rings is 3. The van der Waals surface area contributed by atoms with Crippen molar-refractivity contribution in [1.29, 1.82) is 0 Å². The summed E-state index contributed by atoms with van der Waals surface area (Å²) in [5.41, 5.74) is 3.71. The molecule has 2 amide bonds. The molecule has 7 heteroatoms. The molecule has 0 radical (unpaired) electrons. The number of aryl methyl sites for hydroxylation is 1. The first-order valence-electron chi connectivity index (χ1n) is 10.9. The minimum atomic E-state index is -0.346. The third kappa shape index (κ3) is 5.68. The Bertz CT molecular complexity index is 1130. The Morgan fingerprint density at radius 2 is 1.88 bits per heavy atom. The molecule has 5 nitrogen and oxygen atoms in total. The van der Waals surface area contributed by atoms with Crippen molar-refractivity contribution in [2.24, 2.45) is 0 Å². The van der Waals surface area contributed by atoms with E-state index in [0.29, 0.717) is 22.6 Å². The molecule has 0 bridgehead atoms. The number of nitrogens with zero attached hydrogens (tertiary/aromatic N) is 1. The van der Waals surface area contributed by atoms with Gasteiger partial charge < -0.3 is 15.4 Å². The van der Waals surface area contributed by atoms with Gasteiger partial charge in [0.2, 0.25) is 0 Å². The standard InChI is InChI=1S/C26H27F2N3O2/c1-17-3-9-21(14-24(17)28)29-26(32)30-22-11-12-31(16-22)15-18-4-6-19(7-5-18)23-13-20(27)8-10-25(23)33-2/h3-10,13-14,22H,11-12,15-16H2,1-2H3,(H2,29,30,32). The molecule has 1 aliphatic heterocycles. The second kappa shape index (κ2) is 10.0. The van der Waals surface area contributed by atoms with Crippen LogP contribution in [0.2, 0.25) is 0 Å². The van der Waals surface area contributed by atoms with E-state index in [9.17, 15) is 13.6 Å². The van der Waals surface area contributed by atoms with Gasteiger partial charge in [-0.05, 0) is 60.4 Å². The van der Waals surface area contributed by atoms with Crippen LogP contribution in [-0.4, -0.2) is 37.2 Å². The number of halogens is 2. The minimum Gasteiger partial charge on any atom is -0.496 e. The summed E-state index contributed by atoms with van der Waals surface area (Å²) in [6.07, 6.45) is 0.842. The van der Waals surface area contributed by atoms with Gasteiger partial charge in [0.1, 0.15) is 17.4 Å². The van der Waals surface area contributed by atoms with Crippen molar-refractivity contribution in [2.75, 3.05) is 25.5 Å². The van der Waals surface area contributed by atoms with E-state index in [-0.39, 0.29) is 23.7 Å². The van der Waals surface area contributed by atoms with E-state index in [1.807, 2.05) is 24.3 Å². The maximum Gasteiger partial charge on any atom is 0.319 e. The number of hydrogen-bond donors (Lipinski definition) is 2. The van der Waals surface area contributed by atoms with Gasteiger partial charge in [-0.25, -0.2) is 13.6 Å². The van der Waals surface area contributed by atoms with Gasteiger partial charge in [0.05, 0.1) is 7.11 Å². The van der Waals surface area contributed by atoms with Crippen LogP contribution in [0.3, 0.4) is 0 Å². The number of nitrogens with one attached hydrogen (secondary N) is 2. The summed E-state index contributed by atoms with van der Waals surface area (Å²) < 4.78 is 32.7. The highest BCUT2D eigenvalue weighted by atomic mass is 19.1. The number of hydrogen-bond acceptors (Lipinski definition) is 3. The molecule has 0 aliphatic carbocycles. The average Bonchev–Trinajstić information content (AvgIpc) is 3.23. The van der Waals surface area contributed by atoms with Crippen LogP contribution in [0, 0.1) is 18.6 Å². The molecule has 1 fully saturated rings. The Balaban J connectivity index is 1.30. The van der Waals surface area contributed by atoms with Gasteiger partial charge in [0.25, 0.3) is 0 Å². The lowest BCUT2D eigenvalue weighted by Crippen LogP contribution is -2.39. The first kappa shape index (κ1) is 22.7. The molecule has 1 aliphatic rings. The third-order valence-electron chi connectivity index (χ3n) is 5.87. The first-order valence-corrected chi connectivity index (χ1v) is 10.9. The van der Waals surface area contributed by atoms with Crippen molar-refractivity contribution in [3.63, 3.8) is 0 Å². The van der Waals surface area contributed by atoms with E-state index >= 15 is 0 Å². The largest absolute Gasteiger partial charge is 0.496 e. The molecule has 33 heavy (non-hydrogen) atoms. The average molecular weight is 452 g/mol. The number of urea groups is 1. The lowest BCUT2D eigenvalue weighted by atomic mass is 10.0. The number of carbonyl (C=O) groups excluding carboxylic acids is 1. The molecule has 0 aromatic heterocycles. The Morgan fingerprint density at radius 1 is 1.09 bits per heavy atom. The monoisotopic (exact) mass is 451 g/mol. The topological polar surface area (TPSA) is 53.6 Å². The van der Waals surface area contributed by atoms with Gasteiger partial charge in [-0.3, -0.25) is 4.90 Å². The van der Waals surface area contributed by atoms with Crippen LogP contribution in [0.5, 0.6) is 5.75 Å². The summed E-state index contributed by atoms with van der Waals surface area (Å²) in [5.74, 6) is -0.0204. The first-order chi connectivity index (χ1) is 15.9. The normalized spacial score (nSPS) is 15.9. The van der Waals surface area contributed by atoms with Crippen LogP contribution >= 0.6 is 0 Å². The number of anilines is 1. The summed E-state index contributed by atoms with van der Waals surface area (Å²) in [4.78, 5) is 14.6. The molecule has 2 N–H and O–H groups in total. The number of rotatable bonds is 6. The SMILES string of the molecule is COc1ccc(F)cc1-c1ccc(CN2CCC(NC(=O)Nc3ccc(C)c(F)c3)C2)cc1. The van der Waals surface area contributed by atoms with E-state index in [2.05, 4.69) is 15.5 Å². The zero-order valence-corrected chi connectivity index (χ0v) is 18.7. The van der Waals surface area contributed by atoms with Crippen LogP contribution in [0.4, 0.5) is 19.3 Å². The molecule has 0 spiro atoms. The predicted molar refractivity (Wildman–Crippen MR) is 125 cm³/mol. The van der Waals surface area contributed by atoms with E-state index < -0.39 is 0 Å². The zero-order chi connectivity index (χ0) is 23.4. The molecule has 1 saturated heterocycles. The second-order valence-electron chi connectivity index (χ2n) is 8.32. The summed E-state index contributed by atoms with van der Waals surface area (Å²) >= 11 is 0. The van der Waals surface area contributed by atoms with Crippen molar-refractivity contribution >= 4 is 11.7 Å². The zero-order valence-electron chi connectivity index (χ0n) is 18.7. The molecule has 0 saturated carbocycles. The lowest BCUT2D eigenvalue weighted by Gasteiger charge is -2.17. The molecular weight excluding hydrogens is 424 g/mol. The number of methoxy groups -OCH3 is 1. The van der Waals surface area contributed by atoms with Gasteiger partial charge in [0.15, 0.2) is 0 Å². The van der Waals surface area contributed by atoms with Gasteiger partial charge in [0, 0.05) is 36.9 Å². The Labute approximate surface area is 192 Å². The summed E-state index contributed by atoms with van der Waals surface area (Å²) in [5, 5.41) is 5.65. The van der Waals surface area contributed by atoms with Crippen molar-refractivity contribution in [3.05, 3.63) is 83.4 Å². The quantitative estimate of drug-likeness (QED) is 0.532. The van der Waals surface area contributed by atoms with Crippen LogP contribution in [0.15, 0.2) is 60.7 Å². The third-order valence-corrected chi connectivity index (χ3v) is 5.87. The summed E-state index contributed by atoms with van der Waals surface area (Å²) in [7, 11) is 1.57. The van der Waals surface area contributed by atoms with E-state index in [1.165, 1.54) is 18.2 Å². The van der Waals surface area contributed by atoms with Crippen LogP contribution in [0.25, 0.3) is 11.1 Å². The van der Waals surface area contributed by atoms with Crippen LogP contribution in [0.1, 0.15) is 17.5 Å². The fraction of sp³-hybridized carbons (Fsp3) is 0.269. The Morgan fingerprint density at radius 3 is 2.61 bits per heavy atom. The van der Waals surface area contributed by atoms with E-state index in [4.69, 9.17) is 4.74 Å². The molecule has 3 aromatic carbocycles. The molecule has 1 atom stereocenters. The molecular formula is C26H27F2N3O2.